The molecule has 52 valence electrons. The van der Waals surface area contributed by atoms with E-state index in [4.69, 9.17) is 20.2 Å². The summed E-state index contributed by atoms with van der Waals surface area (Å²) in [6.07, 6.45) is 0. The summed E-state index contributed by atoms with van der Waals surface area (Å²) in [6, 6.07) is 0. The first-order valence-electron chi connectivity index (χ1n) is 0.730. The maximum absolute atomic E-state index is 8.00. The summed E-state index contributed by atoms with van der Waals surface area (Å²) in [7, 11) is 0. The van der Waals surface area contributed by atoms with Crippen LogP contribution >= 0.6 is 0 Å². The molecule has 0 aliphatic heterocycles. The molecule has 0 aliphatic rings. The van der Waals surface area contributed by atoms with Crippen molar-refractivity contribution in [3.8, 4) is 0 Å². The second-order valence-electron chi connectivity index (χ2n) is 0.149. The predicted molar refractivity (Wildman–Crippen MR) is 23.3 cm³/mol. The Kier molecular flexibility index (Phi) is 305. The van der Waals surface area contributed by atoms with Gasteiger partial charge in [-0.05, 0) is 0 Å². The molecule has 0 aliphatic carbocycles. The zero-order chi connectivity index (χ0) is 5.41. The van der Waals surface area contributed by atoms with Crippen molar-refractivity contribution >= 4 is 0 Å². The van der Waals surface area contributed by atoms with Gasteiger partial charge in [-0.3, -0.25) is 0 Å². The molecule has 0 saturated carbocycles. The minimum atomic E-state index is 0. The van der Waals surface area contributed by atoms with Crippen molar-refractivity contribution in [3.05, 3.63) is 20.2 Å². The summed E-state index contributed by atoms with van der Waals surface area (Å²) in [5.41, 5.74) is 0. The average Bonchev–Trinajstić information content (AvgIpc) is 1.39. The standard InChI is InChI=1S/2HNO2.H3N.Pd/c2*2-1-3;;/h2*(H,2,3);1H3;/q;;;+2/p-2. The van der Waals surface area contributed by atoms with Crippen LogP contribution in [-0.2, 0) is 20.4 Å². The molecular formula is H3N3O4Pd. The van der Waals surface area contributed by atoms with Gasteiger partial charge in [-0.15, -0.1) is 10.7 Å². The van der Waals surface area contributed by atoms with Crippen LogP contribution in [0.3, 0.4) is 0 Å². The molecule has 0 bridgehead atoms. The van der Waals surface area contributed by atoms with Crippen LogP contribution in [0.15, 0.2) is 10.7 Å². The third kappa shape index (κ3) is 318. The third-order valence-corrected chi connectivity index (χ3v) is 0. The van der Waals surface area contributed by atoms with E-state index < -0.39 is 0 Å². The fourth-order valence-corrected chi connectivity index (χ4v) is 0. The van der Waals surface area contributed by atoms with Crippen LogP contribution in [0.1, 0.15) is 0 Å². The minimum absolute atomic E-state index is 0. The molecule has 0 atom stereocenters. The molecule has 3 N–H and O–H groups in total. The van der Waals surface area contributed by atoms with E-state index in [0.29, 0.717) is 0 Å². The van der Waals surface area contributed by atoms with E-state index in [1.54, 1.807) is 0 Å². The van der Waals surface area contributed by atoms with Crippen LogP contribution in [0.25, 0.3) is 0 Å². The van der Waals surface area contributed by atoms with E-state index in [1.165, 1.54) is 0 Å². The molecule has 7 nitrogen and oxygen atoms in total. The summed E-state index contributed by atoms with van der Waals surface area (Å²) < 4.78 is 0. The van der Waals surface area contributed by atoms with Gasteiger partial charge in [0.15, 0.2) is 0 Å². The van der Waals surface area contributed by atoms with Crippen molar-refractivity contribution in [2.45, 2.75) is 0 Å². The van der Waals surface area contributed by atoms with E-state index in [9.17, 15) is 0 Å². The van der Waals surface area contributed by atoms with Crippen molar-refractivity contribution in [2.24, 2.45) is 10.7 Å². The first kappa shape index (κ1) is 26.1. The van der Waals surface area contributed by atoms with Gasteiger partial charge >= 0.3 is 20.4 Å². The minimum Gasteiger partial charge on any atom is -0.444 e. The first-order chi connectivity index (χ1) is 2.83. The van der Waals surface area contributed by atoms with Gasteiger partial charge in [0, 0.05) is 0 Å². The second kappa shape index (κ2) is 93.3. The summed E-state index contributed by atoms with van der Waals surface area (Å²) in [5.74, 6) is 0. The monoisotopic (exact) mass is 215 g/mol. The smallest absolute Gasteiger partial charge is 0.444 e. The quantitative estimate of drug-likeness (QED) is 0.359. The Morgan fingerprint density at radius 3 is 1.00 bits per heavy atom. The van der Waals surface area contributed by atoms with Crippen molar-refractivity contribution in [1.29, 1.82) is 0 Å². The van der Waals surface area contributed by atoms with E-state index in [1.807, 2.05) is 0 Å². The van der Waals surface area contributed by atoms with Gasteiger partial charge in [-0.1, -0.05) is 0 Å². The molecule has 0 aromatic rings. The normalized spacial score (nSPS) is 3.00. The van der Waals surface area contributed by atoms with E-state index >= 15 is 0 Å². The maximum Gasteiger partial charge on any atom is 2.00 e. The van der Waals surface area contributed by atoms with Crippen molar-refractivity contribution in [2.75, 3.05) is 0 Å². The summed E-state index contributed by atoms with van der Waals surface area (Å²) in [4.78, 5) is 16.0. The molecule has 0 heterocycles. The maximum atomic E-state index is 8.00. The van der Waals surface area contributed by atoms with Crippen molar-refractivity contribution < 1.29 is 20.4 Å². The van der Waals surface area contributed by atoms with E-state index in [2.05, 4.69) is 0 Å². The number of nitrogens with zero attached hydrogens (tertiary/aromatic N) is 2. The molecule has 0 saturated heterocycles. The third-order valence-electron chi connectivity index (χ3n) is 0. The van der Waals surface area contributed by atoms with Crippen LogP contribution in [0, 0.1) is 20.2 Å². The topological polar surface area (TPSA) is 140 Å². The van der Waals surface area contributed by atoms with Gasteiger partial charge in [0.2, 0.25) is 0 Å². The van der Waals surface area contributed by atoms with E-state index in [0.717, 1.165) is 10.7 Å². The Labute approximate surface area is 58.2 Å². The molecule has 0 spiro atoms. The first-order valence-corrected chi connectivity index (χ1v) is 0.730. The molecule has 0 rings (SSSR count). The molecule has 0 aromatic carbocycles. The molecule has 0 unspecified atom stereocenters. The summed E-state index contributed by atoms with van der Waals surface area (Å²) in [6.45, 7) is 0. The Bertz CT molecular complexity index is 32.3. The Morgan fingerprint density at radius 1 is 1.00 bits per heavy atom. The van der Waals surface area contributed by atoms with Crippen molar-refractivity contribution in [3.63, 3.8) is 0 Å². The van der Waals surface area contributed by atoms with E-state index in [-0.39, 0.29) is 26.6 Å². The average molecular weight is 215 g/mol. The number of hydrogen-bond donors (Lipinski definition) is 1. The number of hydrogen-bond acceptors (Lipinski definition) is 7. The zero-order valence-corrected chi connectivity index (χ0v) is 5.11. The van der Waals surface area contributed by atoms with Crippen LogP contribution in [0.2, 0.25) is 0 Å². The van der Waals surface area contributed by atoms with Gasteiger partial charge in [0.05, 0.1) is 0 Å². The molecule has 0 fully saturated rings. The van der Waals surface area contributed by atoms with Gasteiger partial charge < -0.3 is 26.4 Å². The molecule has 0 amide bonds. The second-order valence-corrected chi connectivity index (χ2v) is 0.149. The fourth-order valence-electron chi connectivity index (χ4n) is 0. The SMILES string of the molecule is N.O=N[O-].O=N[O-].[Pd+2]. The predicted octanol–water partition coefficient (Wildman–Crippen LogP) is 0.661. The Balaban J connectivity index is -0.0000000160. The largest absolute Gasteiger partial charge is 2.00 e. The van der Waals surface area contributed by atoms with Gasteiger partial charge in [0.1, 0.15) is 0 Å². The Morgan fingerprint density at radius 2 is 1.00 bits per heavy atom. The number of rotatable bonds is 0. The molecule has 8 heteroatoms. The molecule has 0 aromatic heterocycles. The van der Waals surface area contributed by atoms with Crippen LogP contribution in [-0.4, -0.2) is 0 Å². The van der Waals surface area contributed by atoms with Crippen LogP contribution < -0.4 is 6.15 Å². The molecule has 0 radical (unpaired) electrons. The van der Waals surface area contributed by atoms with Gasteiger partial charge in [-0.2, -0.15) is 0 Å². The molecular weight excluding hydrogens is 212 g/mol. The fraction of sp³-hybridized carbons (Fsp3) is 0. The summed E-state index contributed by atoms with van der Waals surface area (Å²) >= 11 is 0. The van der Waals surface area contributed by atoms with Crippen LogP contribution in [0.4, 0.5) is 0 Å². The zero-order valence-electron chi connectivity index (χ0n) is 3.55. The molecule has 8 heavy (non-hydrogen) atoms. The van der Waals surface area contributed by atoms with Crippen molar-refractivity contribution in [1.82, 2.24) is 6.15 Å². The van der Waals surface area contributed by atoms with Gasteiger partial charge in [-0.25, -0.2) is 0 Å². The Hall–Kier alpha value is -0.578. The van der Waals surface area contributed by atoms with Gasteiger partial charge in [0.25, 0.3) is 0 Å². The van der Waals surface area contributed by atoms with Crippen LogP contribution in [0.5, 0.6) is 0 Å². The summed E-state index contributed by atoms with van der Waals surface area (Å²) in [5, 5.41) is 18.0.